The van der Waals surface area contributed by atoms with Crippen molar-refractivity contribution < 1.29 is 9.53 Å². The van der Waals surface area contributed by atoms with E-state index in [0.29, 0.717) is 49.3 Å². The second-order valence-electron chi connectivity index (χ2n) is 4.62. The Kier molecular flexibility index (Phi) is 5.45. The zero-order valence-electron chi connectivity index (χ0n) is 12.0. The topological polar surface area (TPSA) is 84.1 Å². The summed E-state index contributed by atoms with van der Waals surface area (Å²) in [6.07, 6.45) is 1.08. The summed E-state index contributed by atoms with van der Waals surface area (Å²) in [5.74, 6) is 0.409. The molecule has 2 N–H and O–H groups in total. The van der Waals surface area contributed by atoms with Gasteiger partial charge in [-0.15, -0.1) is 0 Å². The molecule has 6 nitrogen and oxygen atoms in total. The molecule has 0 unspecified atom stereocenters. The number of H-pyrrole nitrogens is 1. The highest BCUT2D eigenvalue weighted by Gasteiger charge is 2.03. The minimum Gasteiger partial charge on any atom is -0.466 e. The Morgan fingerprint density at radius 2 is 2.19 bits per heavy atom. The van der Waals surface area contributed by atoms with E-state index in [4.69, 9.17) is 4.74 Å². The highest BCUT2D eigenvalue weighted by atomic mass is 16.5. The van der Waals surface area contributed by atoms with E-state index in [1.807, 2.05) is 18.2 Å². The van der Waals surface area contributed by atoms with Crippen LogP contribution >= 0.6 is 0 Å². The number of rotatable bonds is 7. The zero-order valence-corrected chi connectivity index (χ0v) is 12.0. The molecular weight excluding hydrogens is 270 g/mol. The number of carbonyl (C=O) groups excluding carboxylic acids is 1. The molecular formula is C15H19N3O3. The Balaban J connectivity index is 1.84. The largest absolute Gasteiger partial charge is 0.466 e. The van der Waals surface area contributed by atoms with Gasteiger partial charge in [-0.05, 0) is 32.0 Å². The average Bonchev–Trinajstić information content (AvgIpc) is 2.47. The molecule has 1 aromatic heterocycles. The summed E-state index contributed by atoms with van der Waals surface area (Å²) < 4.78 is 4.84. The minimum absolute atomic E-state index is 0.135. The Hall–Kier alpha value is -2.21. The van der Waals surface area contributed by atoms with Crippen LogP contribution in [-0.4, -0.2) is 29.1 Å². The number of esters is 1. The molecule has 2 aromatic rings. The third-order valence-corrected chi connectivity index (χ3v) is 2.99. The van der Waals surface area contributed by atoms with Gasteiger partial charge in [0.05, 0.1) is 24.1 Å². The molecule has 0 saturated carbocycles. The third kappa shape index (κ3) is 4.39. The van der Waals surface area contributed by atoms with Crippen molar-refractivity contribution in [3.05, 3.63) is 40.4 Å². The molecule has 0 amide bonds. The number of nitrogens with one attached hydrogen (secondary N) is 2. The molecule has 0 spiro atoms. The van der Waals surface area contributed by atoms with Gasteiger partial charge in [0.2, 0.25) is 0 Å². The number of aromatic nitrogens is 2. The molecule has 0 bridgehead atoms. The molecule has 0 aliphatic rings. The van der Waals surface area contributed by atoms with E-state index in [1.165, 1.54) is 0 Å². The lowest BCUT2D eigenvalue weighted by Gasteiger charge is -2.05. The van der Waals surface area contributed by atoms with Gasteiger partial charge in [-0.25, -0.2) is 4.98 Å². The lowest BCUT2D eigenvalue weighted by molar-refractivity contribution is -0.143. The van der Waals surface area contributed by atoms with Crippen LogP contribution in [0.5, 0.6) is 0 Å². The second-order valence-corrected chi connectivity index (χ2v) is 4.62. The van der Waals surface area contributed by atoms with Gasteiger partial charge in [-0.3, -0.25) is 9.59 Å². The Labute approximate surface area is 122 Å². The number of hydrogen-bond donors (Lipinski definition) is 2. The first kappa shape index (κ1) is 15.2. The van der Waals surface area contributed by atoms with Crippen LogP contribution in [0, 0.1) is 0 Å². The van der Waals surface area contributed by atoms with Crippen molar-refractivity contribution in [3.63, 3.8) is 0 Å². The summed E-state index contributed by atoms with van der Waals surface area (Å²) in [6, 6.07) is 7.23. The molecule has 0 aliphatic heterocycles. The number of hydrogen-bond acceptors (Lipinski definition) is 5. The van der Waals surface area contributed by atoms with E-state index in [2.05, 4.69) is 15.3 Å². The third-order valence-electron chi connectivity index (χ3n) is 2.99. The SMILES string of the molecule is CCOC(=O)CCCNCc1nc2ccccc2c(=O)[nH]1. The van der Waals surface area contributed by atoms with Crippen molar-refractivity contribution in [2.24, 2.45) is 0 Å². The number of ether oxygens (including phenoxy) is 1. The molecule has 0 aliphatic carbocycles. The minimum atomic E-state index is -0.184. The average molecular weight is 289 g/mol. The van der Waals surface area contributed by atoms with Crippen LogP contribution in [0.1, 0.15) is 25.6 Å². The first-order valence-corrected chi connectivity index (χ1v) is 7.05. The quantitative estimate of drug-likeness (QED) is 0.594. The van der Waals surface area contributed by atoms with E-state index in [-0.39, 0.29) is 11.5 Å². The highest BCUT2D eigenvalue weighted by molar-refractivity contribution is 5.77. The molecule has 6 heteroatoms. The normalized spacial score (nSPS) is 10.7. The van der Waals surface area contributed by atoms with Gasteiger partial charge in [-0.1, -0.05) is 12.1 Å². The smallest absolute Gasteiger partial charge is 0.305 e. The summed E-state index contributed by atoms with van der Waals surface area (Å²) in [5.41, 5.74) is 0.550. The summed E-state index contributed by atoms with van der Waals surface area (Å²) in [4.78, 5) is 30.2. The number of nitrogens with zero attached hydrogens (tertiary/aromatic N) is 1. The maximum Gasteiger partial charge on any atom is 0.305 e. The predicted molar refractivity (Wildman–Crippen MR) is 79.9 cm³/mol. The van der Waals surface area contributed by atoms with Crippen molar-refractivity contribution in [1.82, 2.24) is 15.3 Å². The molecule has 0 saturated heterocycles. The van der Waals surface area contributed by atoms with E-state index >= 15 is 0 Å². The fourth-order valence-electron chi connectivity index (χ4n) is 2.02. The van der Waals surface area contributed by atoms with Crippen LogP contribution in [0.2, 0.25) is 0 Å². The number of aromatic amines is 1. The number of fused-ring (bicyclic) bond motifs is 1. The van der Waals surface area contributed by atoms with Gasteiger partial charge in [-0.2, -0.15) is 0 Å². The van der Waals surface area contributed by atoms with Crippen LogP contribution in [0.4, 0.5) is 0 Å². The van der Waals surface area contributed by atoms with Gasteiger partial charge in [0.25, 0.3) is 5.56 Å². The maximum atomic E-state index is 11.9. The monoisotopic (exact) mass is 289 g/mol. The van der Waals surface area contributed by atoms with E-state index < -0.39 is 0 Å². The van der Waals surface area contributed by atoms with Crippen molar-refractivity contribution >= 4 is 16.9 Å². The van der Waals surface area contributed by atoms with E-state index in [0.717, 1.165) is 0 Å². The summed E-state index contributed by atoms with van der Waals surface area (Å²) in [6.45, 7) is 3.32. The van der Waals surface area contributed by atoms with Crippen LogP contribution in [0.3, 0.4) is 0 Å². The van der Waals surface area contributed by atoms with Crippen molar-refractivity contribution in [1.29, 1.82) is 0 Å². The van der Waals surface area contributed by atoms with E-state index in [9.17, 15) is 9.59 Å². The molecule has 1 heterocycles. The molecule has 21 heavy (non-hydrogen) atoms. The summed E-state index contributed by atoms with van der Waals surface area (Å²) >= 11 is 0. The molecule has 0 radical (unpaired) electrons. The number of carbonyl (C=O) groups is 1. The van der Waals surface area contributed by atoms with Crippen molar-refractivity contribution in [2.45, 2.75) is 26.3 Å². The molecule has 1 aromatic carbocycles. The van der Waals surface area contributed by atoms with Gasteiger partial charge in [0, 0.05) is 6.42 Å². The van der Waals surface area contributed by atoms with Crippen LogP contribution in [-0.2, 0) is 16.1 Å². The fraction of sp³-hybridized carbons (Fsp3) is 0.400. The van der Waals surface area contributed by atoms with Crippen LogP contribution in [0.25, 0.3) is 10.9 Å². The van der Waals surface area contributed by atoms with Gasteiger partial charge in [0.1, 0.15) is 5.82 Å². The van der Waals surface area contributed by atoms with E-state index in [1.54, 1.807) is 13.0 Å². The van der Waals surface area contributed by atoms with Crippen molar-refractivity contribution in [2.75, 3.05) is 13.2 Å². The Morgan fingerprint density at radius 1 is 1.38 bits per heavy atom. The standard InChI is InChI=1S/C15H19N3O3/c1-2-21-14(19)8-5-9-16-10-13-17-12-7-4-3-6-11(12)15(20)18-13/h3-4,6-7,16H,2,5,8-10H2,1H3,(H,17,18,20). The zero-order chi connectivity index (χ0) is 15.1. The molecule has 2 rings (SSSR count). The maximum absolute atomic E-state index is 11.9. The fourth-order valence-corrected chi connectivity index (χ4v) is 2.02. The Bertz CT molecular complexity index is 667. The van der Waals surface area contributed by atoms with Crippen molar-refractivity contribution in [3.8, 4) is 0 Å². The first-order chi connectivity index (χ1) is 10.2. The molecule has 112 valence electrons. The van der Waals surface area contributed by atoms with Gasteiger partial charge < -0.3 is 15.0 Å². The Morgan fingerprint density at radius 3 is 3.00 bits per heavy atom. The summed E-state index contributed by atoms with van der Waals surface area (Å²) in [5, 5.41) is 3.74. The lowest BCUT2D eigenvalue weighted by atomic mass is 10.2. The van der Waals surface area contributed by atoms with Gasteiger partial charge in [0.15, 0.2) is 0 Å². The number of para-hydroxylation sites is 1. The van der Waals surface area contributed by atoms with Crippen LogP contribution < -0.4 is 10.9 Å². The second kappa shape index (κ2) is 7.54. The number of benzene rings is 1. The first-order valence-electron chi connectivity index (χ1n) is 7.05. The predicted octanol–water partition coefficient (Wildman–Crippen LogP) is 1.36. The molecule has 0 atom stereocenters. The molecule has 0 fully saturated rings. The summed E-state index contributed by atoms with van der Waals surface area (Å²) in [7, 11) is 0. The lowest BCUT2D eigenvalue weighted by Crippen LogP contribution is -2.21. The van der Waals surface area contributed by atoms with Crippen LogP contribution in [0.15, 0.2) is 29.1 Å². The van der Waals surface area contributed by atoms with Gasteiger partial charge >= 0.3 is 5.97 Å². The highest BCUT2D eigenvalue weighted by Crippen LogP contribution is 2.05.